The number of aromatic amines is 1. The third kappa shape index (κ3) is 3.01. The molecule has 0 atom stereocenters. The van der Waals surface area contributed by atoms with E-state index in [-0.39, 0.29) is 5.56 Å². The number of nitrogens with zero attached hydrogens (tertiary/aromatic N) is 1. The van der Waals surface area contributed by atoms with Gasteiger partial charge in [-0.25, -0.2) is 4.98 Å². The van der Waals surface area contributed by atoms with Gasteiger partial charge in [0.2, 0.25) is 0 Å². The fourth-order valence-electron chi connectivity index (χ4n) is 0.933. The van der Waals surface area contributed by atoms with E-state index in [0.717, 1.165) is 0 Å². The molecular weight excluding hydrogens is 176 g/mol. The zero-order valence-corrected chi connectivity index (χ0v) is 8.87. The van der Waals surface area contributed by atoms with Crippen LogP contribution in [0.4, 0.5) is 0 Å². The van der Waals surface area contributed by atoms with Gasteiger partial charge >= 0.3 is 0 Å². The van der Waals surface area contributed by atoms with Gasteiger partial charge in [-0.15, -0.1) is 0 Å². The predicted molar refractivity (Wildman–Crippen MR) is 60.3 cm³/mol. The summed E-state index contributed by atoms with van der Waals surface area (Å²) in [5.41, 5.74) is -0.141. The second-order valence-electron chi connectivity index (χ2n) is 2.22. The highest BCUT2D eigenvalue weighted by Crippen LogP contribution is 1.60. The molecule has 0 bridgehead atoms. The van der Waals surface area contributed by atoms with Crippen LogP contribution in [0.15, 0.2) is 23.8 Å². The maximum atomic E-state index is 11.2. The Kier molecular flexibility index (Phi) is 6.03. The van der Waals surface area contributed by atoms with Gasteiger partial charge in [-0.2, -0.15) is 0 Å². The van der Waals surface area contributed by atoms with Crippen molar-refractivity contribution in [2.45, 2.75) is 20.8 Å². The third-order valence-corrected chi connectivity index (χ3v) is 1.48. The highest BCUT2D eigenvalue weighted by Gasteiger charge is 1.88. The first kappa shape index (κ1) is 12.4. The largest absolute Gasteiger partial charge is 0.313 e. The van der Waals surface area contributed by atoms with E-state index in [4.69, 9.17) is 0 Å². The van der Waals surface area contributed by atoms with Crippen LogP contribution in [0.3, 0.4) is 0 Å². The summed E-state index contributed by atoms with van der Waals surface area (Å²) in [6, 6.07) is 0. The molecule has 1 rings (SSSR count). The summed E-state index contributed by atoms with van der Waals surface area (Å²) < 4.78 is 0. The Balaban J connectivity index is 0.000000791. The van der Waals surface area contributed by atoms with E-state index in [1.807, 2.05) is 20.8 Å². The van der Waals surface area contributed by atoms with Crippen molar-refractivity contribution < 1.29 is 0 Å². The molecule has 0 saturated carbocycles. The molecule has 76 valence electrons. The average molecular weight is 192 g/mol. The normalized spacial score (nSPS) is 11.9. The molecule has 0 spiro atoms. The number of H-pyrrole nitrogens is 1. The summed E-state index contributed by atoms with van der Waals surface area (Å²) in [6.45, 7) is 9.36. The first-order chi connectivity index (χ1) is 6.79. The van der Waals surface area contributed by atoms with E-state index in [2.05, 4.69) is 16.5 Å². The molecule has 3 heteroatoms. The molecule has 1 aromatic rings. The Labute approximate surface area is 83.5 Å². The second-order valence-corrected chi connectivity index (χ2v) is 2.22. The van der Waals surface area contributed by atoms with E-state index in [9.17, 15) is 4.79 Å². The quantitative estimate of drug-likeness (QED) is 0.706. The molecule has 0 aliphatic carbocycles. The summed E-state index contributed by atoms with van der Waals surface area (Å²) >= 11 is 0. The maximum Gasteiger partial charge on any atom is 0.258 e. The fourth-order valence-corrected chi connectivity index (χ4v) is 0.933. The number of nitrogens with one attached hydrogen (secondary N) is 1. The van der Waals surface area contributed by atoms with Crippen LogP contribution in [0, 0.1) is 0 Å². The Morgan fingerprint density at radius 2 is 2.14 bits per heavy atom. The van der Waals surface area contributed by atoms with Gasteiger partial charge in [-0.1, -0.05) is 32.6 Å². The molecule has 0 saturated heterocycles. The number of rotatable bonds is 1. The van der Waals surface area contributed by atoms with E-state index in [0.29, 0.717) is 10.6 Å². The highest BCUT2D eigenvalue weighted by atomic mass is 16.1. The molecule has 0 aliphatic rings. The Morgan fingerprint density at radius 3 is 2.64 bits per heavy atom. The number of hydrogen-bond donors (Lipinski definition) is 1. The molecule has 14 heavy (non-hydrogen) atoms. The van der Waals surface area contributed by atoms with Crippen LogP contribution in [0.5, 0.6) is 0 Å². The van der Waals surface area contributed by atoms with E-state index in [1.165, 1.54) is 6.33 Å². The minimum Gasteiger partial charge on any atom is -0.313 e. The Morgan fingerprint density at radius 1 is 1.50 bits per heavy atom. The molecule has 3 nitrogen and oxygen atoms in total. The maximum absolute atomic E-state index is 11.2. The van der Waals surface area contributed by atoms with Crippen molar-refractivity contribution in [1.82, 2.24) is 9.97 Å². The lowest BCUT2D eigenvalue weighted by molar-refractivity contribution is 1.05. The second kappa shape index (κ2) is 6.83. The van der Waals surface area contributed by atoms with Crippen molar-refractivity contribution in [1.29, 1.82) is 0 Å². The molecule has 0 radical (unpaired) electrons. The van der Waals surface area contributed by atoms with Crippen molar-refractivity contribution in [3.05, 3.63) is 39.9 Å². The minimum atomic E-state index is -0.141. The standard InChI is InChI=1S/C9H10N2O.C2H6/c1-3-5-7-8(4-2)10-6-11-9(7)12;1-2/h3-6H,1H2,2H3,(H,10,11,12);1-2H3/b7-5+,8-4+;. The summed E-state index contributed by atoms with van der Waals surface area (Å²) in [5, 5.41) is 1.23. The van der Waals surface area contributed by atoms with Crippen LogP contribution in [0.1, 0.15) is 20.8 Å². The molecule has 0 fully saturated rings. The van der Waals surface area contributed by atoms with Gasteiger partial charge < -0.3 is 4.98 Å². The van der Waals surface area contributed by atoms with Crippen LogP contribution in [0.2, 0.25) is 0 Å². The first-order valence-corrected chi connectivity index (χ1v) is 4.62. The number of hydrogen-bond acceptors (Lipinski definition) is 2. The van der Waals surface area contributed by atoms with Gasteiger partial charge in [0.1, 0.15) is 0 Å². The first-order valence-electron chi connectivity index (χ1n) is 4.62. The van der Waals surface area contributed by atoms with Gasteiger partial charge in [-0.3, -0.25) is 4.79 Å². The number of allylic oxidation sites excluding steroid dienone is 1. The van der Waals surface area contributed by atoms with Crippen LogP contribution >= 0.6 is 0 Å². The fraction of sp³-hybridized carbons (Fsp3) is 0.273. The summed E-state index contributed by atoms with van der Waals surface area (Å²) in [5.74, 6) is 0. The summed E-state index contributed by atoms with van der Waals surface area (Å²) in [7, 11) is 0. The summed E-state index contributed by atoms with van der Waals surface area (Å²) in [6.07, 6.45) is 6.38. The van der Waals surface area contributed by atoms with Crippen LogP contribution in [0.25, 0.3) is 12.2 Å². The van der Waals surface area contributed by atoms with Crippen molar-refractivity contribution in [2.75, 3.05) is 0 Å². The summed E-state index contributed by atoms with van der Waals surface area (Å²) in [4.78, 5) is 17.7. The lowest BCUT2D eigenvalue weighted by atomic mass is 10.3. The average Bonchev–Trinajstić information content (AvgIpc) is 2.24. The Bertz CT molecular complexity index is 443. The third-order valence-electron chi connectivity index (χ3n) is 1.48. The molecule has 0 amide bonds. The monoisotopic (exact) mass is 192 g/mol. The number of aromatic nitrogens is 2. The van der Waals surface area contributed by atoms with Crippen molar-refractivity contribution >= 4 is 12.2 Å². The lowest BCUT2D eigenvalue weighted by Crippen LogP contribution is -2.42. The van der Waals surface area contributed by atoms with Crippen LogP contribution in [-0.2, 0) is 0 Å². The zero-order chi connectivity index (χ0) is 11.0. The molecule has 0 unspecified atom stereocenters. The molecule has 0 aromatic carbocycles. The molecule has 0 aliphatic heterocycles. The van der Waals surface area contributed by atoms with Gasteiger partial charge in [0, 0.05) is 0 Å². The minimum absolute atomic E-state index is 0.141. The molecular formula is C11H16N2O. The molecule has 1 N–H and O–H groups in total. The van der Waals surface area contributed by atoms with Gasteiger partial charge in [0.15, 0.2) is 0 Å². The Hall–Kier alpha value is -1.64. The molecule has 1 aromatic heterocycles. The van der Waals surface area contributed by atoms with E-state index >= 15 is 0 Å². The van der Waals surface area contributed by atoms with E-state index < -0.39 is 0 Å². The predicted octanol–water partition coefficient (Wildman–Crippen LogP) is 0.563. The van der Waals surface area contributed by atoms with Crippen LogP contribution < -0.4 is 16.1 Å². The molecule has 1 heterocycles. The van der Waals surface area contributed by atoms with Crippen molar-refractivity contribution in [2.24, 2.45) is 0 Å². The van der Waals surface area contributed by atoms with Gasteiger partial charge in [-0.05, 0) is 13.0 Å². The topological polar surface area (TPSA) is 45.8 Å². The van der Waals surface area contributed by atoms with Crippen LogP contribution in [-0.4, -0.2) is 9.97 Å². The zero-order valence-electron chi connectivity index (χ0n) is 8.87. The van der Waals surface area contributed by atoms with Gasteiger partial charge in [0.05, 0.1) is 16.9 Å². The van der Waals surface area contributed by atoms with Crippen molar-refractivity contribution in [3.8, 4) is 0 Å². The smallest absolute Gasteiger partial charge is 0.258 e. The SMILES string of the molecule is C=C/C=c1/c(=O)[nH]cn/c1=C/C.CC. The van der Waals surface area contributed by atoms with Crippen molar-refractivity contribution in [3.63, 3.8) is 0 Å². The highest BCUT2D eigenvalue weighted by molar-refractivity contribution is 5.35. The van der Waals surface area contributed by atoms with E-state index in [1.54, 1.807) is 18.2 Å². The lowest BCUT2D eigenvalue weighted by Gasteiger charge is -1.85. The van der Waals surface area contributed by atoms with Gasteiger partial charge in [0.25, 0.3) is 5.56 Å².